The Kier molecular flexibility index (Phi) is 23.3. The zero-order valence-electron chi connectivity index (χ0n) is 24.1. The standard InChI is InChI=1S/C33H56O2S2/c1-3-5-7-9-11-13-15-17-19-21-27-35-31-25-23-30(24-26-31)32(34)29-33(36)37-28-22-20-18-16-14-12-10-8-6-4-2/h23-26,29,34H,3-22,27-28H2,1-2H3/b32-29-. The first kappa shape index (κ1) is 34.0. The summed E-state index contributed by atoms with van der Waals surface area (Å²) in [5, 5.41) is 10.5. The summed E-state index contributed by atoms with van der Waals surface area (Å²) in [6.45, 7) is 5.30. The van der Waals surface area contributed by atoms with E-state index in [-0.39, 0.29) is 5.76 Å². The average molecular weight is 549 g/mol. The second-order valence-electron chi connectivity index (χ2n) is 10.4. The Labute approximate surface area is 239 Å². The van der Waals surface area contributed by atoms with Crippen LogP contribution in [0.2, 0.25) is 0 Å². The van der Waals surface area contributed by atoms with E-state index in [1.54, 1.807) is 17.8 Å². The number of rotatable bonds is 25. The Morgan fingerprint density at radius 1 is 0.676 bits per heavy atom. The fraction of sp³-hybridized carbons (Fsp3) is 0.727. The summed E-state index contributed by atoms with van der Waals surface area (Å²) in [6, 6.07) is 7.70. The Balaban J connectivity index is 2.07. The van der Waals surface area contributed by atoms with Crippen molar-refractivity contribution in [3.63, 3.8) is 0 Å². The zero-order valence-corrected chi connectivity index (χ0v) is 25.7. The molecule has 212 valence electrons. The van der Waals surface area contributed by atoms with Crippen molar-refractivity contribution in [1.29, 1.82) is 0 Å². The van der Waals surface area contributed by atoms with Gasteiger partial charge in [-0.05, 0) is 42.9 Å². The van der Waals surface area contributed by atoms with E-state index in [0.29, 0.717) is 0 Å². The second-order valence-corrected chi connectivity index (χ2v) is 12.3. The molecule has 37 heavy (non-hydrogen) atoms. The number of aliphatic hydroxyl groups is 1. The van der Waals surface area contributed by atoms with Crippen LogP contribution in [0.15, 0.2) is 30.3 Å². The molecule has 1 N–H and O–H groups in total. The number of unbranched alkanes of at least 4 members (excludes halogenated alkanes) is 18. The van der Waals surface area contributed by atoms with Gasteiger partial charge in [-0.15, -0.1) is 11.8 Å². The molecule has 2 nitrogen and oxygen atoms in total. The Morgan fingerprint density at radius 2 is 1.11 bits per heavy atom. The fourth-order valence-corrected chi connectivity index (χ4v) is 5.61. The molecule has 0 aliphatic heterocycles. The maximum absolute atomic E-state index is 10.5. The lowest BCUT2D eigenvalue weighted by atomic mass is 10.1. The monoisotopic (exact) mass is 548 g/mol. The smallest absolute Gasteiger partial charge is 0.124 e. The summed E-state index contributed by atoms with van der Waals surface area (Å²) in [5.74, 6) is 2.14. The van der Waals surface area contributed by atoms with Gasteiger partial charge in [0.2, 0.25) is 0 Å². The topological polar surface area (TPSA) is 29.5 Å². The van der Waals surface area contributed by atoms with Crippen LogP contribution in [0.25, 0.3) is 5.76 Å². The second kappa shape index (κ2) is 25.3. The van der Waals surface area contributed by atoms with Crippen LogP contribution in [-0.2, 0) is 0 Å². The molecule has 0 fully saturated rings. The minimum absolute atomic E-state index is 0.238. The molecular formula is C33H56O2S2. The lowest BCUT2D eigenvalue weighted by Crippen LogP contribution is -1.97. The number of hydrogen-bond donors (Lipinski definition) is 1. The Morgan fingerprint density at radius 3 is 1.59 bits per heavy atom. The van der Waals surface area contributed by atoms with Gasteiger partial charge in [-0.1, -0.05) is 142 Å². The molecule has 0 saturated carbocycles. The molecule has 1 aromatic carbocycles. The largest absolute Gasteiger partial charge is 0.507 e. The highest BCUT2D eigenvalue weighted by Crippen LogP contribution is 2.20. The molecule has 4 heteroatoms. The first-order chi connectivity index (χ1) is 18.2. The number of benzene rings is 1. The highest BCUT2D eigenvalue weighted by molar-refractivity contribution is 8.23. The molecule has 0 aromatic heterocycles. The summed E-state index contributed by atoms with van der Waals surface area (Å²) >= 11 is 7.14. The van der Waals surface area contributed by atoms with E-state index in [4.69, 9.17) is 17.0 Å². The molecule has 0 aliphatic carbocycles. The number of ether oxygens (including phenoxy) is 1. The van der Waals surface area contributed by atoms with Crippen LogP contribution in [-0.4, -0.2) is 21.7 Å². The maximum Gasteiger partial charge on any atom is 0.124 e. The van der Waals surface area contributed by atoms with Crippen molar-refractivity contribution in [2.75, 3.05) is 12.4 Å². The van der Waals surface area contributed by atoms with Gasteiger partial charge in [0, 0.05) is 11.6 Å². The van der Waals surface area contributed by atoms with E-state index in [2.05, 4.69) is 13.8 Å². The van der Waals surface area contributed by atoms with Gasteiger partial charge >= 0.3 is 0 Å². The van der Waals surface area contributed by atoms with Crippen molar-refractivity contribution in [3.8, 4) is 5.75 Å². The minimum atomic E-state index is 0.238. The predicted octanol–water partition coefficient (Wildman–Crippen LogP) is 11.9. The molecule has 0 saturated heterocycles. The van der Waals surface area contributed by atoms with Crippen LogP contribution in [0.3, 0.4) is 0 Å². The molecule has 0 amide bonds. The Hall–Kier alpha value is -1.00. The third kappa shape index (κ3) is 20.6. The predicted molar refractivity (Wildman–Crippen MR) is 171 cm³/mol. The van der Waals surface area contributed by atoms with E-state index in [0.717, 1.165) is 34.3 Å². The summed E-state index contributed by atoms with van der Waals surface area (Å²) in [6.07, 6.45) is 28.5. The van der Waals surface area contributed by atoms with E-state index >= 15 is 0 Å². The van der Waals surface area contributed by atoms with Crippen molar-refractivity contribution < 1.29 is 9.84 Å². The molecule has 0 spiro atoms. The van der Waals surface area contributed by atoms with Crippen molar-refractivity contribution in [2.24, 2.45) is 0 Å². The van der Waals surface area contributed by atoms with Crippen molar-refractivity contribution in [3.05, 3.63) is 35.9 Å². The third-order valence-electron chi connectivity index (χ3n) is 6.91. The molecule has 0 radical (unpaired) electrons. The zero-order chi connectivity index (χ0) is 26.8. The van der Waals surface area contributed by atoms with E-state index in [1.807, 2.05) is 24.3 Å². The average Bonchev–Trinajstić information content (AvgIpc) is 2.90. The quantitative estimate of drug-likeness (QED) is 0.0569. The first-order valence-corrected chi connectivity index (χ1v) is 16.9. The molecule has 1 aromatic rings. The summed E-state index contributed by atoms with van der Waals surface area (Å²) in [7, 11) is 0. The molecule has 0 atom stereocenters. The van der Waals surface area contributed by atoms with Gasteiger partial charge in [-0.2, -0.15) is 0 Å². The molecule has 0 bridgehead atoms. The van der Waals surface area contributed by atoms with Crippen LogP contribution in [0, 0.1) is 0 Å². The molecular weight excluding hydrogens is 492 g/mol. The van der Waals surface area contributed by atoms with Gasteiger partial charge in [0.05, 0.1) is 10.8 Å². The molecule has 0 aliphatic rings. The number of thiocarbonyl (C=S) groups is 1. The van der Waals surface area contributed by atoms with Crippen molar-refractivity contribution >= 4 is 33.9 Å². The third-order valence-corrected chi connectivity index (χ3v) is 8.28. The lowest BCUT2D eigenvalue weighted by molar-refractivity contribution is 0.304. The van der Waals surface area contributed by atoms with Gasteiger partial charge in [0.25, 0.3) is 0 Å². The van der Waals surface area contributed by atoms with Crippen molar-refractivity contribution in [2.45, 2.75) is 142 Å². The van der Waals surface area contributed by atoms with E-state index in [1.165, 1.54) is 122 Å². The van der Waals surface area contributed by atoms with Crippen LogP contribution in [0.4, 0.5) is 0 Å². The highest BCUT2D eigenvalue weighted by atomic mass is 32.2. The maximum atomic E-state index is 10.5. The lowest BCUT2D eigenvalue weighted by Gasteiger charge is -2.08. The summed E-state index contributed by atoms with van der Waals surface area (Å²) < 4.78 is 6.64. The summed E-state index contributed by atoms with van der Waals surface area (Å²) in [4.78, 5) is 0. The minimum Gasteiger partial charge on any atom is -0.507 e. The normalized spacial score (nSPS) is 11.7. The number of aliphatic hydroxyl groups excluding tert-OH is 1. The van der Waals surface area contributed by atoms with Gasteiger partial charge < -0.3 is 9.84 Å². The van der Waals surface area contributed by atoms with Crippen LogP contribution in [0.1, 0.15) is 148 Å². The molecule has 0 unspecified atom stereocenters. The van der Waals surface area contributed by atoms with Gasteiger partial charge in [0.15, 0.2) is 0 Å². The molecule has 1 rings (SSSR count). The van der Waals surface area contributed by atoms with E-state index < -0.39 is 0 Å². The highest BCUT2D eigenvalue weighted by Gasteiger charge is 2.03. The van der Waals surface area contributed by atoms with Crippen LogP contribution >= 0.6 is 24.0 Å². The van der Waals surface area contributed by atoms with E-state index in [9.17, 15) is 5.11 Å². The van der Waals surface area contributed by atoms with Crippen LogP contribution < -0.4 is 4.74 Å². The fourth-order valence-electron chi connectivity index (χ4n) is 4.50. The number of hydrogen-bond acceptors (Lipinski definition) is 4. The summed E-state index contributed by atoms with van der Waals surface area (Å²) in [5.41, 5.74) is 0.785. The number of thioether (sulfide) groups is 1. The van der Waals surface area contributed by atoms with Gasteiger partial charge in [-0.25, -0.2) is 0 Å². The Bertz CT molecular complexity index is 684. The van der Waals surface area contributed by atoms with Crippen LogP contribution in [0.5, 0.6) is 5.75 Å². The molecule has 0 heterocycles. The van der Waals surface area contributed by atoms with Crippen molar-refractivity contribution in [1.82, 2.24) is 0 Å². The van der Waals surface area contributed by atoms with Gasteiger partial charge in [-0.3, -0.25) is 0 Å². The SMILES string of the molecule is CCCCCCCCCCCCOc1ccc(/C(O)=C/C(=S)SCCCCCCCCCCCC)cc1. The van der Waals surface area contributed by atoms with Gasteiger partial charge in [0.1, 0.15) is 11.5 Å². The first-order valence-electron chi connectivity index (χ1n) is 15.5.